The second kappa shape index (κ2) is 7.56. The number of hydrogen-bond donors (Lipinski definition) is 1. The van der Waals surface area contributed by atoms with Crippen molar-refractivity contribution < 1.29 is 14.6 Å². The van der Waals surface area contributed by atoms with Gasteiger partial charge >= 0.3 is 5.97 Å². The van der Waals surface area contributed by atoms with Gasteiger partial charge in [0.25, 0.3) is 0 Å². The lowest BCUT2D eigenvalue weighted by atomic mass is 9.96. The van der Waals surface area contributed by atoms with E-state index in [1.165, 1.54) is 5.56 Å². The number of ether oxygens (including phenoxy) is 1. The highest BCUT2D eigenvalue weighted by molar-refractivity contribution is 5.97. The number of fused-ring (bicyclic) bond motifs is 1. The van der Waals surface area contributed by atoms with Gasteiger partial charge in [-0.25, -0.2) is 4.98 Å². The van der Waals surface area contributed by atoms with Gasteiger partial charge < -0.3 is 9.84 Å². The minimum absolute atomic E-state index is 0.0998. The summed E-state index contributed by atoms with van der Waals surface area (Å²) < 4.78 is 5.49. The van der Waals surface area contributed by atoms with E-state index < -0.39 is 5.97 Å². The summed E-state index contributed by atoms with van der Waals surface area (Å²) in [5, 5.41) is 10.0. The summed E-state index contributed by atoms with van der Waals surface area (Å²) in [5.74, 6) is 0.299. The number of aliphatic carboxylic acids is 1. The molecule has 1 saturated heterocycles. The monoisotopic (exact) mass is 377 g/mol. The lowest BCUT2D eigenvalue weighted by Crippen LogP contribution is -2.27. The zero-order valence-corrected chi connectivity index (χ0v) is 16.1. The highest BCUT2D eigenvalue weighted by Crippen LogP contribution is 2.34. The lowest BCUT2D eigenvalue weighted by molar-refractivity contribution is -0.138. The van der Waals surface area contributed by atoms with E-state index in [0.717, 1.165) is 53.1 Å². The summed E-state index contributed by atoms with van der Waals surface area (Å²) in [6, 6.07) is 12.2. The van der Waals surface area contributed by atoms with Crippen LogP contribution in [0.5, 0.6) is 5.75 Å². The Morgan fingerprint density at radius 1 is 1.29 bits per heavy atom. The van der Waals surface area contributed by atoms with Crippen molar-refractivity contribution in [3.05, 3.63) is 53.9 Å². The van der Waals surface area contributed by atoms with Gasteiger partial charge in [0.15, 0.2) is 0 Å². The van der Waals surface area contributed by atoms with E-state index >= 15 is 0 Å². The molecule has 0 spiro atoms. The van der Waals surface area contributed by atoms with Gasteiger partial charge in [-0.3, -0.25) is 14.7 Å². The Hall–Kier alpha value is -2.99. The molecule has 0 saturated carbocycles. The second-order valence-electron chi connectivity index (χ2n) is 7.25. The average Bonchev–Trinajstić information content (AvgIpc) is 3.15. The number of rotatable bonds is 5. The van der Waals surface area contributed by atoms with Gasteiger partial charge in [0.1, 0.15) is 11.3 Å². The van der Waals surface area contributed by atoms with Crippen molar-refractivity contribution in [1.82, 2.24) is 14.9 Å². The van der Waals surface area contributed by atoms with Crippen LogP contribution < -0.4 is 4.74 Å². The number of aromatic nitrogens is 2. The molecule has 28 heavy (non-hydrogen) atoms. The van der Waals surface area contributed by atoms with Crippen molar-refractivity contribution in [3.63, 3.8) is 0 Å². The van der Waals surface area contributed by atoms with Crippen LogP contribution in [0.4, 0.5) is 0 Å². The Kier molecular flexibility index (Phi) is 4.96. The molecule has 1 aromatic carbocycles. The third-order valence-corrected chi connectivity index (χ3v) is 5.34. The van der Waals surface area contributed by atoms with Crippen LogP contribution in [-0.2, 0) is 4.79 Å². The van der Waals surface area contributed by atoms with E-state index in [-0.39, 0.29) is 6.54 Å². The minimum Gasteiger partial charge on any atom is -0.494 e. The fourth-order valence-corrected chi connectivity index (χ4v) is 3.97. The van der Waals surface area contributed by atoms with Crippen molar-refractivity contribution in [2.24, 2.45) is 0 Å². The first kappa shape index (κ1) is 18.4. The summed E-state index contributed by atoms with van der Waals surface area (Å²) >= 11 is 0. The van der Waals surface area contributed by atoms with Gasteiger partial charge in [0.05, 0.1) is 19.3 Å². The smallest absolute Gasteiger partial charge is 0.317 e. The maximum atomic E-state index is 11.0. The number of carboxylic acids is 1. The molecule has 144 valence electrons. The number of carboxylic acid groups (broad SMARTS) is 1. The molecule has 1 N–H and O–H groups in total. The average molecular weight is 377 g/mol. The third kappa shape index (κ3) is 3.55. The molecule has 6 heteroatoms. The fraction of sp³-hybridized carbons (Fsp3) is 0.318. The van der Waals surface area contributed by atoms with Crippen LogP contribution >= 0.6 is 0 Å². The normalized spacial score (nSPS) is 17.1. The van der Waals surface area contributed by atoms with Gasteiger partial charge in [-0.2, -0.15) is 0 Å². The van der Waals surface area contributed by atoms with Crippen LogP contribution in [0.1, 0.15) is 23.6 Å². The maximum Gasteiger partial charge on any atom is 0.317 e. The number of carbonyl (C=O) groups is 1. The molecule has 0 bridgehead atoms. The number of aryl methyl sites for hydroxylation is 1. The number of nitrogens with zero attached hydrogens (tertiary/aromatic N) is 3. The van der Waals surface area contributed by atoms with E-state index in [1.807, 2.05) is 42.3 Å². The highest BCUT2D eigenvalue weighted by atomic mass is 16.5. The van der Waals surface area contributed by atoms with Crippen LogP contribution in [0, 0.1) is 6.92 Å². The van der Waals surface area contributed by atoms with Gasteiger partial charge in [0, 0.05) is 29.4 Å². The second-order valence-corrected chi connectivity index (χ2v) is 7.25. The topological polar surface area (TPSA) is 75.5 Å². The molecule has 6 nitrogen and oxygen atoms in total. The third-order valence-electron chi connectivity index (χ3n) is 5.34. The zero-order valence-electron chi connectivity index (χ0n) is 16.1. The molecule has 1 unspecified atom stereocenters. The molecule has 0 amide bonds. The summed E-state index contributed by atoms with van der Waals surface area (Å²) in [5.41, 5.74) is 4.88. The Bertz CT molecular complexity index is 1030. The number of methoxy groups -OCH3 is 1. The van der Waals surface area contributed by atoms with Gasteiger partial charge in [-0.05, 0) is 61.7 Å². The SMILES string of the molecule is COc1ccc(-c2cc(C3CCN(CC(=O)O)C3)ccn2)c2ccc(C)nc12. The van der Waals surface area contributed by atoms with E-state index in [4.69, 9.17) is 9.84 Å². The van der Waals surface area contributed by atoms with E-state index in [9.17, 15) is 4.79 Å². The number of likely N-dealkylation sites (tertiary alicyclic amines) is 1. The minimum atomic E-state index is -0.774. The summed E-state index contributed by atoms with van der Waals surface area (Å²) in [7, 11) is 1.65. The molecule has 1 fully saturated rings. The number of pyridine rings is 2. The van der Waals surface area contributed by atoms with Crippen LogP contribution in [0.2, 0.25) is 0 Å². The summed E-state index contributed by atoms with van der Waals surface area (Å²) in [6.45, 7) is 3.64. The lowest BCUT2D eigenvalue weighted by Gasteiger charge is -2.15. The van der Waals surface area contributed by atoms with E-state index in [2.05, 4.69) is 22.1 Å². The molecule has 2 aromatic heterocycles. The predicted molar refractivity (Wildman–Crippen MR) is 108 cm³/mol. The van der Waals surface area contributed by atoms with Crippen molar-refractivity contribution in [3.8, 4) is 17.0 Å². The van der Waals surface area contributed by atoms with Gasteiger partial charge in [-0.15, -0.1) is 0 Å². The van der Waals surface area contributed by atoms with Crippen LogP contribution in [0.25, 0.3) is 22.2 Å². The number of hydrogen-bond acceptors (Lipinski definition) is 5. The molecule has 3 aromatic rings. The zero-order chi connectivity index (χ0) is 19.7. The molecule has 0 aliphatic carbocycles. The molecular weight excluding hydrogens is 354 g/mol. The molecule has 1 aliphatic rings. The fourth-order valence-electron chi connectivity index (χ4n) is 3.97. The molecule has 1 aliphatic heterocycles. The summed E-state index contributed by atoms with van der Waals surface area (Å²) in [6.07, 6.45) is 2.79. The van der Waals surface area contributed by atoms with Crippen LogP contribution in [-0.4, -0.2) is 52.7 Å². The van der Waals surface area contributed by atoms with E-state index in [1.54, 1.807) is 7.11 Å². The first-order valence-electron chi connectivity index (χ1n) is 9.40. The molecule has 1 atom stereocenters. The first-order valence-corrected chi connectivity index (χ1v) is 9.40. The Morgan fingerprint density at radius 2 is 2.14 bits per heavy atom. The predicted octanol–water partition coefficient (Wildman–Crippen LogP) is 3.49. The molecule has 3 heterocycles. The van der Waals surface area contributed by atoms with Crippen molar-refractivity contribution >= 4 is 16.9 Å². The highest BCUT2D eigenvalue weighted by Gasteiger charge is 2.25. The maximum absolute atomic E-state index is 11.0. The van der Waals surface area contributed by atoms with Gasteiger partial charge in [0.2, 0.25) is 0 Å². The molecule has 4 rings (SSSR count). The quantitative estimate of drug-likeness (QED) is 0.734. The largest absolute Gasteiger partial charge is 0.494 e. The standard InChI is InChI=1S/C22H23N3O3/c1-14-3-4-18-17(5-6-20(28-2)22(18)24-14)19-11-15(7-9-23-19)16-8-10-25(12-16)13-21(26)27/h3-7,9,11,16H,8,10,12-13H2,1-2H3,(H,26,27). The first-order chi connectivity index (χ1) is 13.5. The molecule has 0 radical (unpaired) electrons. The van der Waals surface area contributed by atoms with Crippen LogP contribution in [0.3, 0.4) is 0 Å². The summed E-state index contributed by atoms with van der Waals surface area (Å²) in [4.78, 5) is 22.2. The van der Waals surface area contributed by atoms with Crippen molar-refractivity contribution in [1.29, 1.82) is 0 Å². The number of benzene rings is 1. The van der Waals surface area contributed by atoms with Gasteiger partial charge in [-0.1, -0.05) is 6.07 Å². The van der Waals surface area contributed by atoms with Crippen molar-refractivity contribution in [2.45, 2.75) is 19.3 Å². The Balaban J connectivity index is 1.70. The van der Waals surface area contributed by atoms with E-state index in [0.29, 0.717) is 5.92 Å². The molecular formula is C22H23N3O3. The Labute approximate surface area is 163 Å². The Morgan fingerprint density at radius 3 is 2.93 bits per heavy atom. The van der Waals surface area contributed by atoms with Crippen LogP contribution in [0.15, 0.2) is 42.6 Å². The van der Waals surface area contributed by atoms with Crippen molar-refractivity contribution in [2.75, 3.05) is 26.7 Å².